The molecular weight excluding hydrogens is 325 g/mol. The van der Waals surface area contributed by atoms with E-state index in [-0.39, 0.29) is 23.7 Å². The van der Waals surface area contributed by atoms with E-state index in [9.17, 15) is 9.18 Å². The first kappa shape index (κ1) is 16.1. The van der Waals surface area contributed by atoms with Gasteiger partial charge in [-0.1, -0.05) is 0 Å². The van der Waals surface area contributed by atoms with Crippen molar-refractivity contribution in [3.05, 3.63) is 30.1 Å². The molecule has 3 heterocycles. The SMILES string of the molecule is O=C(Cn1nnc(-c2ccc(F)cc2)n1)N1CCC[C@]2(CCOC2)C1. The van der Waals surface area contributed by atoms with Crippen LogP contribution in [0, 0.1) is 11.2 Å². The lowest BCUT2D eigenvalue weighted by molar-refractivity contribution is -0.135. The molecule has 0 saturated carbocycles. The third kappa shape index (κ3) is 3.39. The molecule has 2 aromatic rings. The van der Waals surface area contributed by atoms with E-state index in [0.717, 1.165) is 45.6 Å². The molecule has 0 bridgehead atoms. The van der Waals surface area contributed by atoms with Crippen LogP contribution in [0.15, 0.2) is 24.3 Å². The highest BCUT2D eigenvalue weighted by molar-refractivity contribution is 5.76. The van der Waals surface area contributed by atoms with Crippen molar-refractivity contribution in [2.24, 2.45) is 5.41 Å². The number of hydrogen-bond acceptors (Lipinski definition) is 5. The number of nitrogens with zero attached hydrogens (tertiary/aromatic N) is 5. The van der Waals surface area contributed by atoms with Gasteiger partial charge in [-0.25, -0.2) is 4.39 Å². The van der Waals surface area contributed by atoms with E-state index in [1.54, 1.807) is 12.1 Å². The fraction of sp³-hybridized carbons (Fsp3) is 0.529. The molecule has 1 aromatic carbocycles. The van der Waals surface area contributed by atoms with Crippen LogP contribution in [-0.2, 0) is 16.1 Å². The Morgan fingerprint density at radius 1 is 1.28 bits per heavy atom. The first-order valence-electron chi connectivity index (χ1n) is 8.53. The average molecular weight is 345 g/mol. The van der Waals surface area contributed by atoms with Crippen LogP contribution in [0.3, 0.4) is 0 Å². The Hall–Kier alpha value is -2.35. The number of tetrazole rings is 1. The van der Waals surface area contributed by atoms with E-state index in [1.165, 1.54) is 16.9 Å². The van der Waals surface area contributed by atoms with E-state index in [4.69, 9.17) is 4.74 Å². The lowest BCUT2D eigenvalue weighted by Gasteiger charge is -2.39. The fourth-order valence-electron chi connectivity index (χ4n) is 3.64. The van der Waals surface area contributed by atoms with E-state index in [0.29, 0.717) is 11.4 Å². The third-order valence-electron chi connectivity index (χ3n) is 5.03. The maximum atomic E-state index is 13.0. The minimum Gasteiger partial charge on any atom is -0.381 e. The highest BCUT2D eigenvalue weighted by Gasteiger charge is 2.40. The Morgan fingerprint density at radius 3 is 2.88 bits per heavy atom. The first-order valence-corrected chi connectivity index (χ1v) is 8.53. The van der Waals surface area contributed by atoms with E-state index in [1.807, 2.05) is 4.90 Å². The minimum absolute atomic E-state index is 0.00553. The number of carbonyl (C=O) groups is 1. The van der Waals surface area contributed by atoms with E-state index < -0.39 is 0 Å². The molecule has 2 saturated heterocycles. The van der Waals surface area contributed by atoms with Crippen LogP contribution in [0.4, 0.5) is 4.39 Å². The summed E-state index contributed by atoms with van der Waals surface area (Å²) < 4.78 is 18.5. The van der Waals surface area contributed by atoms with E-state index in [2.05, 4.69) is 15.4 Å². The van der Waals surface area contributed by atoms with Crippen LogP contribution < -0.4 is 0 Å². The van der Waals surface area contributed by atoms with Crippen molar-refractivity contribution in [2.75, 3.05) is 26.3 Å². The number of piperidine rings is 1. The predicted molar refractivity (Wildman–Crippen MR) is 86.9 cm³/mol. The number of aromatic nitrogens is 4. The van der Waals surface area contributed by atoms with Gasteiger partial charge in [0.2, 0.25) is 11.7 Å². The molecule has 0 radical (unpaired) electrons. The molecule has 0 N–H and O–H groups in total. The minimum atomic E-state index is -0.318. The lowest BCUT2D eigenvalue weighted by Crippen LogP contribution is -2.47. The summed E-state index contributed by atoms with van der Waals surface area (Å²) in [5.41, 5.74) is 0.795. The highest BCUT2D eigenvalue weighted by atomic mass is 19.1. The zero-order valence-electron chi connectivity index (χ0n) is 13.9. The van der Waals surface area contributed by atoms with Gasteiger partial charge in [-0.05, 0) is 48.7 Å². The fourth-order valence-corrected chi connectivity index (χ4v) is 3.64. The molecule has 1 amide bonds. The molecule has 2 aliphatic rings. The van der Waals surface area contributed by atoms with Crippen molar-refractivity contribution in [2.45, 2.75) is 25.8 Å². The molecule has 2 aliphatic heterocycles. The smallest absolute Gasteiger partial charge is 0.246 e. The zero-order valence-corrected chi connectivity index (χ0v) is 13.9. The molecule has 1 spiro atoms. The summed E-state index contributed by atoms with van der Waals surface area (Å²) >= 11 is 0. The normalized spacial score (nSPS) is 23.3. The number of rotatable bonds is 3. The van der Waals surface area contributed by atoms with Gasteiger partial charge in [0.15, 0.2) is 0 Å². The number of amides is 1. The average Bonchev–Trinajstić information content (AvgIpc) is 3.26. The van der Waals surface area contributed by atoms with Crippen molar-refractivity contribution in [1.29, 1.82) is 0 Å². The second-order valence-corrected chi connectivity index (χ2v) is 6.87. The zero-order chi connectivity index (χ0) is 17.3. The molecule has 1 aromatic heterocycles. The lowest BCUT2D eigenvalue weighted by atomic mass is 9.79. The maximum Gasteiger partial charge on any atom is 0.246 e. The second-order valence-electron chi connectivity index (χ2n) is 6.87. The first-order chi connectivity index (χ1) is 12.1. The van der Waals surface area contributed by atoms with Gasteiger partial charge >= 0.3 is 0 Å². The van der Waals surface area contributed by atoms with Crippen LogP contribution in [-0.4, -0.2) is 57.3 Å². The van der Waals surface area contributed by atoms with E-state index >= 15 is 0 Å². The van der Waals surface area contributed by atoms with Gasteiger partial charge in [0.1, 0.15) is 12.4 Å². The number of likely N-dealkylation sites (tertiary alicyclic amines) is 1. The van der Waals surface area contributed by atoms with Gasteiger partial charge in [0.25, 0.3) is 0 Å². The summed E-state index contributed by atoms with van der Waals surface area (Å²) in [4.78, 5) is 15.8. The van der Waals surface area contributed by atoms with Crippen molar-refractivity contribution < 1.29 is 13.9 Å². The number of carbonyl (C=O) groups excluding carboxylic acids is 1. The van der Waals surface area contributed by atoms with Gasteiger partial charge in [-0.3, -0.25) is 4.79 Å². The molecule has 0 aliphatic carbocycles. The second kappa shape index (κ2) is 6.51. The topological polar surface area (TPSA) is 73.1 Å². The van der Waals surface area contributed by atoms with Crippen LogP contribution in [0.25, 0.3) is 11.4 Å². The molecule has 2 fully saturated rings. The van der Waals surface area contributed by atoms with Crippen LogP contribution >= 0.6 is 0 Å². The number of halogens is 1. The van der Waals surface area contributed by atoms with Gasteiger partial charge in [0, 0.05) is 30.7 Å². The van der Waals surface area contributed by atoms with Crippen molar-refractivity contribution >= 4 is 5.91 Å². The summed E-state index contributed by atoms with van der Waals surface area (Å²) in [7, 11) is 0. The van der Waals surface area contributed by atoms with Crippen LogP contribution in [0.1, 0.15) is 19.3 Å². The summed E-state index contributed by atoms with van der Waals surface area (Å²) in [5.74, 6) is 0.0578. The quantitative estimate of drug-likeness (QED) is 0.843. The predicted octanol–water partition coefficient (Wildman–Crippen LogP) is 1.51. The molecule has 132 valence electrons. The highest BCUT2D eigenvalue weighted by Crippen LogP contribution is 2.37. The molecule has 25 heavy (non-hydrogen) atoms. The van der Waals surface area contributed by atoms with Gasteiger partial charge in [-0.15, -0.1) is 10.2 Å². The Kier molecular flexibility index (Phi) is 4.20. The molecule has 7 nitrogen and oxygen atoms in total. The van der Waals surface area contributed by atoms with Gasteiger partial charge in [-0.2, -0.15) is 4.80 Å². The van der Waals surface area contributed by atoms with Crippen molar-refractivity contribution in [1.82, 2.24) is 25.1 Å². The standard InChI is InChI=1S/C17H20FN5O2/c18-14-4-2-13(3-5-14)16-19-21-23(20-16)10-15(24)22-8-1-6-17(11-22)7-9-25-12-17/h2-5H,1,6-12H2/t17-/m0/s1. The number of ether oxygens (including phenoxy) is 1. The number of benzene rings is 1. The Labute approximate surface area is 144 Å². The molecule has 4 rings (SSSR count). The Bertz CT molecular complexity index is 755. The van der Waals surface area contributed by atoms with Gasteiger partial charge in [0.05, 0.1) is 6.61 Å². The molecule has 0 unspecified atom stereocenters. The molecule has 8 heteroatoms. The molecule has 1 atom stereocenters. The summed E-state index contributed by atoms with van der Waals surface area (Å²) in [6, 6.07) is 5.87. The largest absolute Gasteiger partial charge is 0.381 e. The Morgan fingerprint density at radius 2 is 2.12 bits per heavy atom. The summed E-state index contributed by atoms with van der Waals surface area (Å²) in [6.45, 7) is 3.09. The Balaban J connectivity index is 1.42. The van der Waals surface area contributed by atoms with Crippen LogP contribution in [0.5, 0.6) is 0 Å². The van der Waals surface area contributed by atoms with Crippen LogP contribution in [0.2, 0.25) is 0 Å². The summed E-state index contributed by atoms with van der Waals surface area (Å²) in [5, 5.41) is 12.1. The van der Waals surface area contributed by atoms with Crippen molar-refractivity contribution in [3.8, 4) is 11.4 Å². The maximum absolute atomic E-state index is 13.0. The molecular formula is C17H20FN5O2. The van der Waals surface area contributed by atoms with Gasteiger partial charge < -0.3 is 9.64 Å². The number of hydrogen-bond donors (Lipinski definition) is 0. The third-order valence-corrected chi connectivity index (χ3v) is 5.03. The summed E-state index contributed by atoms with van der Waals surface area (Å²) in [6.07, 6.45) is 3.14. The monoisotopic (exact) mass is 345 g/mol. The van der Waals surface area contributed by atoms with Crippen molar-refractivity contribution in [3.63, 3.8) is 0 Å².